The van der Waals surface area contributed by atoms with Crippen LogP contribution in [-0.2, 0) is 16.5 Å². The lowest BCUT2D eigenvalue weighted by atomic mass is 10.1. The Kier molecular flexibility index (Phi) is 3.21. The molecule has 0 radical (unpaired) electrons. The normalized spacial score (nSPS) is 20.8. The molecule has 0 N–H and O–H groups in total. The van der Waals surface area contributed by atoms with Crippen LogP contribution in [0.4, 0.5) is 0 Å². The van der Waals surface area contributed by atoms with E-state index in [-0.39, 0.29) is 12.4 Å². The molecular weight excluding hydrogens is 212 g/mol. The molecule has 6 nitrogen and oxygen atoms in total. The van der Waals surface area contributed by atoms with Gasteiger partial charge in [0.05, 0.1) is 33.1 Å². The zero-order valence-corrected chi connectivity index (χ0v) is 9.30. The van der Waals surface area contributed by atoms with Crippen molar-refractivity contribution >= 4 is 5.78 Å². The lowest BCUT2D eigenvalue weighted by Gasteiger charge is -2.21. The zero-order chi connectivity index (χ0) is 11.5. The molecule has 0 saturated carbocycles. The number of Topliss-reactive ketones (excluding diaryl/α,β-unsaturated/α-hetero) is 1. The predicted octanol–water partition coefficient (Wildman–Crippen LogP) is 0.0268. The van der Waals surface area contributed by atoms with Crippen molar-refractivity contribution < 1.29 is 19.0 Å². The number of hydrogen-bond acceptors (Lipinski definition) is 5. The molecule has 1 saturated heterocycles. The van der Waals surface area contributed by atoms with Crippen LogP contribution < -0.4 is 4.74 Å². The third-order valence-corrected chi connectivity index (χ3v) is 2.47. The predicted molar refractivity (Wildman–Crippen MR) is 54.6 cm³/mol. The van der Waals surface area contributed by atoms with E-state index in [4.69, 9.17) is 14.2 Å². The lowest BCUT2D eigenvalue weighted by molar-refractivity contribution is -0.0722. The fourth-order valence-corrected chi connectivity index (χ4v) is 1.64. The highest BCUT2D eigenvalue weighted by Gasteiger charge is 2.28. The number of aromatic nitrogens is 2. The van der Waals surface area contributed by atoms with Gasteiger partial charge in [0.2, 0.25) is 5.78 Å². The number of ketones is 1. The molecule has 0 aromatic carbocycles. The number of hydrogen-bond donors (Lipinski definition) is 0. The molecule has 1 aliphatic rings. The zero-order valence-electron chi connectivity index (χ0n) is 9.30. The van der Waals surface area contributed by atoms with Crippen LogP contribution in [-0.4, -0.2) is 48.6 Å². The van der Waals surface area contributed by atoms with Gasteiger partial charge in [-0.3, -0.25) is 9.48 Å². The highest BCUT2D eigenvalue weighted by Crippen LogP contribution is 2.20. The molecule has 1 aliphatic heterocycles. The fraction of sp³-hybridized carbons (Fsp3) is 0.600. The molecule has 16 heavy (non-hydrogen) atoms. The summed E-state index contributed by atoms with van der Waals surface area (Å²) in [5.74, 6) is 0.304. The molecule has 1 unspecified atom stereocenters. The minimum Gasteiger partial charge on any atom is -0.493 e. The van der Waals surface area contributed by atoms with Crippen molar-refractivity contribution in [1.82, 2.24) is 9.78 Å². The molecule has 0 amide bonds. The van der Waals surface area contributed by atoms with Crippen molar-refractivity contribution in [3.05, 3.63) is 11.9 Å². The first-order valence-corrected chi connectivity index (χ1v) is 5.03. The SMILES string of the molecule is COc1cnn(C)c1C(=O)C1COCCO1. The van der Waals surface area contributed by atoms with Crippen LogP contribution in [0.15, 0.2) is 6.20 Å². The molecule has 2 rings (SSSR count). The van der Waals surface area contributed by atoms with E-state index in [0.29, 0.717) is 24.7 Å². The number of aryl methyl sites for hydroxylation is 1. The standard InChI is InChI=1S/C10H14N2O4/c1-12-9(7(14-2)5-11-12)10(13)8-6-15-3-4-16-8/h5,8H,3-4,6H2,1-2H3. The molecular formula is C10H14N2O4. The molecule has 1 fully saturated rings. The van der Waals surface area contributed by atoms with Crippen LogP contribution in [0.2, 0.25) is 0 Å². The Balaban J connectivity index is 2.21. The maximum Gasteiger partial charge on any atom is 0.215 e. The average molecular weight is 226 g/mol. The van der Waals surface area contributed by atoms with Crippen molar-refractivity contribution in [2.75, 3.05) is 26.9 Å². The molecule has 2 heterocycles. The fourth-order valence-electron chi connectivity index (χ4n) is 1.64. The van der Waals surface area contributed by atoms with Gasteiger partial charge in [0.1, 0.15) is 11.8 Å². The van der Waals surface area contributed by atoms with Gasteiger partial charge in [-0.25, -0.2) is 0 Å². The van der Waals surface area contributed by atoms with Gasteiger partial charge in [-0.05, 0) is 0 Å². The Labute approximate surface area is 93.1 Å². The average Bonchev–Trinajstić information content (AvgIpc) is 2.70. The van der Waals surface area contributed by atoms with E-state index in [1.54, 1.807) is 7.05 Å². The summed E-state index contributed by atoms with van der Waals surface area (Å²) in [7, 11) is 3.20. The first kappa shape index (κ1) is 11.1. The number of carbonyl (C=O) groups is 1. The second kappa shape index (κ2) is 4.63. The Morgan fingerprint density at radius 2 is 2.44 bits per heavy atom. The van der Waals surface area contributed by atoms with Gasteiger partial charge < -0.3 is 14.2 Å². The van der Waals surface area contributed by atoms with Crippen LogP contribution in [0.1, 0.15) is 10.5 Å². The largest absolute Gasteiger partial charge is 0.493 e. The van der Waals surface area contributed by atoms with Crippen LogP contribution >= 0.6 is 0 Å². The van der Waals surface area contributed by atoms with Crippen LogP contribution in [0.3, 0.4) is 0 Å². The quantitative estimate of drug-likeness (QED) is 0.680. The summed E-state index contributed by atoms with van der Waals surface area (Å²) < 4.78 is 17.1. The Morgan fingerprint density at radius 1 is 1.62 bits per heavy atom. The minimum atomic E-state index is -0.557. The Bertz CT molecular complexity index is 382. The second-order valence-corrected chi connectivity index (χ2v) is 3.48. The van der Waals surface area contributed by atoms with Gasteiger partial charge >= 0.3 is 0 Å². The monoisotopic (exact) mass is 226 g/mol. The van der Waals surface area contributed by atoms with Gasteiger partial charge in [-0.2, -0.15) is 5.10 Å². The molecule has 0 bridgehead atoms. The van der Waals surface area contributed by atoms with E-state index in [9.17, 15) is 4.79 Å². The molecule has 6 heteroatoms. The van der Waals surface area contributed by atoms with E-state index in [1.165, 1.54) is 18.0 Å². The number of ether oxygens (including phenoxy) is 3. The first-order chi connectivity index (χ1) is 7.74. The molecule has 0 aliphatic carbocycles. The molecule has 1 aromatic rings. The number of carbonyl (C=O) groups excluding carboxylic acids is 1. The maximum absolute atomic E-state index is 12.1. The summed E-state index contributed by atoms with van der Waals surface area (Å²) in [6.07, 6.45) is 0.953. The number of methoxy groups -OCH3 is 1. The second-order valence-electron chi connectivity index (χ2n) is 3.48. The van der Waals surface area contributed by atoms with E-state index >= 15 is 0 Å². The summed E-state index contributed by atoms with van der Waals surface area (Å²) in [4.78, 5) is 12.1. The summed E-state index contributed by atoms with van der Waals surface area (Å²) >= 11 is 0. The van der Waals surface area contributed by atoms with Crippen molar-refractivity contribution in [1.29, 1.82) is 0 Å². The molecule has 1 atom stereocenters. The molecule has 0 spiro atoms. The summed E-state index contributed by atoms with van der Waals surface area (Å²) in [6, 6.07) is 0. The van der Waals surface area contributed by atoms with Gasteiger partial charge in [0, 0.05) is 7.05 Å². The summed E-state index contributed by atoms with van der Waals surface area (Å²) in [5.41, 5.74) is 0.415. The minimum absolute atomic E-state index is 0.156. The van der Waals surface area contributed by atoms with Gasteiger partial charge in [0.25, 0.3) is 0 Å². The summed E-state index contributed by atoms with van der Waals surface area (Å²) in [6.45, 7) is 1.26. The molecule has 1 aromatic heterocycles. The van der Waals surface area contributed by atoms with E-state index in [2.05, 4.69) is 5.10 Å². The van der Waals surface area contributed by atoms with Gasteiger partial charge in [-0.15, -0.1) is 0 Å². The van der Waals surface area contributed by atoms with E-state index in [1.807, 2.05) is 0 Å². The third kappa shape index (κ3) is 1.94. The van der Waals surface area contributed by atoms with Crippen molar-refractivity contribution in [2.45, 2.75) is 6.10 Å². The van der Waals surface area contributed by atoms with Crippen LogP contribution in [0, 0.1) is 0 Å². The highest BCUT2D eigenvalue weighted by molar-refractivity contribution is 6.00. The van der Waals surface area contributed by atoms with Gasteiger partial charge in [0.15, 0.2) is 5.75 Å². The maximum atomic E-state index is 12.1. The van der Waals surface area contributed by atoms with E-state index in [0.717, 1.165) is 0 Å². The smallest absolute Gasteiger partial charge is 0.215 e. The van der Waals surface area contributed by atoms with Gasteiger partial charge in [-0.1, -0.05) is 0 Å². The Hall–Kier alpha value is -1.40. The third-order valence-electron chi connectivity index (χ3n) is 2.47. The van der Waals surface area contributed by atoms with Crippen LogP contribution in [0.5, 0.6) is 5.75 Å². The highest BCUT2D eigenvalue weighted by atomic mass is 16.6. The van der Waals surface area contributed by atoms with E-state index < -0.39 is 6.10 Å². The Morgan fingerprint density at radius 3 is 3.06 bits per heavy atom. The van der Waals surface area contributed by atoms with Crippen molar-refractivity contribution in [3.8, 4) is 5.75 Å². The number of rotatable bonds is 3. The molecule has 88 valence electrons. The van der Waals surface area contributed by atoms with Crippen molar-refractivity contribution in [3.63, 3.8) is 0 Å². The van der Waals surface area contributed by atoms with Crippen molar-refractivity contribution in [2.24, 2.45) is 7.05 Å². The van der Waals surface area contributed by atoms with Crippen LogP contribution in [0.25, 0.3) is 0 Å². The number of nitrogens with zero attached hydrogens (tertiary/aromatic N) is 2. The summed E-state index contributed by atoms with van der Waals surface area (Å²) in [5, 5.41) is 3.98. The first-order valence-electron chi connectivity index (χ1n) is 5.03. The lowest BCUT2D eigenvalue weighted by Crippen LogP contribution is -2.36. The topological polar surface area (TPSA) is 62.6 Å².